The molecule has 15 heavy (non-hydrogen) atoms. The molecule has 1 unspecified atom stereocenters. The minimum absolute atomic E-state index is 1.14. The molecule has 0 aliphatic heterocycles. The average Bonchev–Trinajstić information content (AvgIpc) is 1.75. The number of hydrogen-bond donors (Lipinski definition) is 0. The van der Waals surface area contributed by atoms with Gasteiger partial charge in [0.2, 0.25) is 0 Å². The van der Waals surface area contributed by atoms with Gasteiger partial charge in [-0.3, -0.25) is 0 Å². The SMILES string of the molecule is C[SiH](O[Si](C)(C)C)O[Si](C)(C)[Si](C)(C)C. The summed E-state index contributed by atoms with van der Waals surface area (Å²) >= 11 is 0. The van der Waals surface area contributed by atoms with Crippen LogP contribution in [0.2, 0.25) is 58.9 Å². The maximum absolute atomic E-state index is 6.33. The Morgan fingerprint density at radius 1 is 0.733 bits per heavy atom. The van der Waals surface area contributed by atoms with E-state index >= 15 is 0 Å². The molecule has 1 atom stereocenters. The minimum Gasteiger partial charge on any atom is -0.441 e. The van der Waals surface area contributed by atoms with Gasteiger partial charge in [0.15, 0.2) is 16.2 Å². The van der Waals surface area contributed by atoms with E-state index < -0.39 is 33.0 Å². The molecule has 0 aromatic carbocycles. The fourth-order valence-corrected chi connectivity index (χ4v) is 15.1. The van der Waals surface area contributed by atoms with Crippen molar-refractivity contribution in [1.29, 1.82) is 0 Å². The highest BCUT2D eigenvalue weighted by Gasteiger charge is 2.40. The second-order valence-corrected chi connectivity index (χ2v) is 29.6. The van der Waals surface area contributed by atoms with Crippen LogP contribution in [-0.2, 0) is 8.23 Å². The van der Waals surface area contributed by atoms with Crippen molar-refractivity contribution in [3.05, 3.63) is 0 Å². The molecule has 0 rings (SSSR count). The van der Waals surface area contributed by atoms with Gasteiger partial charge in [0.1, 0.15) is 0 Å². The Balaban J connectivity index is 4.36. The zero-order valence-corrected chi connectivity index (χ0v) is 16.0. The second kappa shape index (κ2) is 4.97. The summed E-state index contributed by atoms with van der Waals surface area (Å²) in [6, 6.07) is 0. The second-order valence-electron chi connectivity index (χ2n) is 6.68. The normalized spacial score (nSPS) is 16.6. The maximum atomic E-state index is 6.33. The lowest BCUT2D eigenvalue weighted by molar-refractivity contribution is 0.432. The van der Waals surface area contributed by atoms with Gasteiger partial charge >= 0.3 is 0 Å². The number of hydrogen-bond acceptors (Lipinski definition) is 2. The molecular weight excluding hydrogens is 252 g/mol. The highest BCUT2D eigenvalue weighted by atomic mass is 29.3. The molecule has 0 amide bonds. The highest BCUT2D eigenvalue weighted by molar-refractivity contribution is 7.38. The molecule has 0 saturated heterocycles. The van der Waals surface area contributed by atoms with Gasteiger partial charge in [0, 0.05) is 0 Å². The topological polar surface area (TPSA) is 18.5 Å². The molecule has 0 spiro atoms. The Morgan fingerprint density at radius 2 is 1.13 bits per heavy atom. The lowest BCUT2D eigenvalue weighted by Crippen LogP contribution is -2.58. The van der Waals surface area contributed by atoms with Crippen molar-refractivity contribution in [1.82, 2.24) is 0 Å². The third-order valence-corrected chi connectivity index (χ3v) is 26.1. The van der Waals surface area contributed by atoms with Crippen LogP contribution in [0, 0.1) is 0 Å². The first kappa shape index (κ1) is 15.8. The predicted molar refractivity (Wildman–Crippen MR) is 79.4 cm³/mol. The van der Waals surface area contributed by atoms with Crippen LogP contribution >= 0.6 is 0 Å². The third-order valence-electron chi connectivity index (χ3n) is 2.79. The van der Waals surface area contributed by atoms with Crippen LogP contribution in [0.25, 0.3) is 0 Å². The summed E-state index contributed by atoms with van der Waals surface area (Å²) in [5.41, 5.74) is 0. The van der Waals surface area contributed by atoms with Crippen molar-refractivity contribution < 1.29 is 8.23 Å². The molecule has 0 fully saturated rings. The van der Waals surface area contributed by atoms with E-state index in [-0.39, 0.29) is 0 Å². The Morgan fingerprint density at radius 3 is 1.40 bits per heavy atom. The van der Waals surface area contributed by atoms with Gasteiger partial charge in [-0.2, -0.15) is 0 Å². The summed E-state index contributed by atoms with van der Waals surface area (Å²) in [6.45, 7) is 20.9. The van der Waals surface area contributed by atoms with E-state index in [0.29, 0.717) is 0 Å². The quantitative estimate of drug-likeness (QED) is 0.719. The lowest BCUT2D eigenvalue weighted by atomic mass is 11.8. The number of rotatable bonds is 5. The van der Waals surface area contributed by atoms with Gasteiger partial charge in [-0.15, -0.1) is 0 Å². The van der Waals surface area contributed by atoms with E-state index in [2.05, 4.69) is 58.9 Å². The van der Waals surface area contributed by atoms with Crippen molar-refractivity contribution in [2.75, 3.05) is 0 Å². The van der Waals surface area contributed by atoms with E-state index in [1.807, 2.05) is 0 Å². The summed E-state index contributed by atoms with van der Waals surface area (Å²) in [4.78, 5) is 0. The fraction of sp³-hybridized carbons (Fsp3) is 1.00. The molecule has 0 aromatic heterocycles. The average molecular weight is 281 g/mol. The molecule has 0 bridgehead atoms. The Kier molecular flexibility index (Phi) is 5.23. The molecule has 0 aromatic rings. The molecule has 0 radical (unpaired) electrons. The molecule has 6 heteroatoms. The largest absolute Gasteiger partial charge is 0.441 e. The minimum atomic E-state index is -1.47. The van der Waals surface area contributed by atoms with Crippen molar-refractivity contribution in [3.63, 3.8) is 0 Å². The van der Waals surface area contributed by atoms with E-state index in [0.717, 1.165) is 0 Å². The first-order valence-corrected chi connectivity index (χ1v) is 18.6. The zero-order valence-electron chi connectivity index (χ0n) is 11.9. The predicted octanol–water partition coefficient (Wildman–Crippen LogP) is 3.33. The fourth-order valence-electron chi connectivity index (χ4n) is 1.11. The van der Waals surface area contributed by atoms with Gasteiger partial charge in [-0.25, -0.2) is 0 Å². The lowest BCUT2D eigenvalue weighted by Gasteiger charge is -2.38. The molecular formula is C9H28O2Si4. The first-order valence-electron chi connectivity index (χ1n) is 5.71. The molecule has 0 N–H and O–H groups in total. The van der Waals surface area contributed by atoms with E-state index in [1.54, 1.807) is 0 Å². The van der Waals surface area contributed by atoms with Crippen molar-refractivity contribution in [2.45, 2.75) is 58.9 Å². The van der Waals surface area contributed by atoms with Crippen LogP contribution in [0.15, 0.2) is 0 Å². The van der Waals surface area contributed by atoms with Gasteiger partial charge in [0.05, 0.1) is 7.59 Å². The molecule has 0 saturated carbocycles. The molecule has 0 aliphatic carbocycles. The molecule has 0 aliphatic rings. The summed E-state index contributed by atoms with van der Waals surface area (Å²) in [5.74, 6) is 0. The Hall–Kier alpha value is 0.788. The third kappa shape index (κ3) is 6.18. The zero-order chi connectivity index (χ0) is 12.5. The Bertz CT molecular complexity index is 205. The smallest absolute Gasteiger partial charge is 0.297 e. The van der Waals surface area contributed by atoms with Crippen LogP contribution in [-0.4, -0.2) is 33.0 Å². The van der Waals surface area contributed by atoms with Gasteiger partial charge < -0.3 is 8.23 Å². The maximum Gasteiger partial charge on any atom is 0.297 e. The van der Waals surface area contributed by atoms with Gasteiger partial charge in [0.25, 0.3) is 9.28 Å². The molecule has 92 valence electrons. The first-order chi connectivity index (χ1) is 6.35. The van der Waals surface area contributed by atoms with Crippen molar-refractivity contribution in [2.24, 2.45) is 0 Å². The van der Waals surface area contributed by atoms with E-state index in [9.17, 15) is 0 Å². The summed E-state index contributed by atoms with van der Waals surface area (Å²) in [5, 5.41) is 0. The van der Waals surface area contributed by atoms with Crippen LogP contribution < -0.4 is 0 Å². The highest BCUT2D eigenvalue weighted by Crippen LogP contribution is 2.21. The summed E-state index contributed by atoms with van der Waals surface area (Å²) in [7, 11) is -5.40. The van der Waals surface area contributed by atoms with Crippen LogP contribution in [0.1, 0.15) is 0 Å². The standard InChI is InChI=1S/C9H28O2Si4/c1-12(10-13(2,3)4)11-15(8,9)14(5,6)7/h12H,1-9H3. The van der Waals surface area contributed by atoms with Crippen LogP contribution in [0.4, 0.5) is 0 Å². The summed E-state index contributed by atoms with van der Waals surface area (Å²) < 4.78 is 12.4. The van der Waals surface area contributed by atoms with Gasteiger partial charge in [-0.05, 0) is 39.3 Å². The Labute approximate surface area is 100 Å². The molecule has 0 heterocycles. The van der Waals surface area contributed by atoms with Gasteiger partial charge in [-0.1, -0.05) is 19.6 Å². The summed E-state index contributed by atoms with van der Waals surface area (Å²) in [6.07, 6.45) is 0. The van der Waals surface area contributed by atoms with Crippen LogP contribution in [0.3, 0.4) is 0 Å². The van der Waals surface area contributed by atoms with E-state index in [4.69, 9.17) is 8.23 Å². The monoisotopic (exact) mass is 280 g/mol. The van der Waals surface area contributed by atoms with Crippen molar-refractivity contribution >= 4 is 33.0 Å². The van der Waals surface area contributed by atoms with E-state index in [1.165, 1.54) is 0 Å². The van der Waals surface area contributed by atoms with Crippen LogP contribution in [0.5, 0.6) is 0 Å². The molecule has 2 nitrogen and oxygen atoms in total. The van der Waals surface area contributed by atoms with Crippen molar-refractivity contribution in [3.8, 4) is 0 Å².